The first-order valence-corrected chi connectivity index (χ1v) is 8.81. The summed E-state index contributed by atoms with van der Waals surface area (Å²) in [6.45, 7) is 0.717. The molecule has 1 heterocycles. The number of hydrogen-bond acceptors (Lipinski definition) is 5. The number of carbonyl (C=O) groups is 1. The van der Waals surface area contributed by atoms with E-state index in [0.717, 1.165) is 51.5 Å². The number of nitrogens with one attached hydrogen (secondary N) is 1. The molecule has 4 atom stereocenters. The highest BCUT2D eigenvalue weighted by atomic mass is 16.4. The lowest BCUT2D eigenvalue weighted by atomic mass is 9.46. The summed E-state index contributed by atoms with van der Waals surface area (Å²) in [6.07, 6.45) is 6.88. The van der Waals surface area contributed by atoms with E-state index in [4.69, 9.17) is 0 Å². The molecule has 0 amide bonds. The van der Waals surface area contributed by atoms with Gasteiger partial charge in [-0.25, -0.2) is 10.4 Å². The van der Waals surface area contributed by atoms with Gasteiger partial charge in [-0.15, -0.1) is 0 Å². The monoisotopic (exact) mass is 319 g/mol. The van der Waals surface area contributed by atoms with Crippen molar-refractivity contribution in [2.75, 3.05) is 6.54 Å². The average molecular weight is 319 g/mol. The van der Waals surface area contributed by atoms with E-state index in [-0.39, 0.29) is 11.5 Å². The van der Waals surface area contributed by atoms with E-state index in [1.807, 2.05) is 5.01 Å². The molecule has 126 valence electrons. The lowest BCUT2D eigenvalue weighted by Gasteiger charge is -2.62. The van der Waals surface area contributed by atoms with E-state index in [9.17, 15) is 20.3 Å². The smallest absolute Gasteiger partial charge is 0.322 e. The molecule has 0 aromatic heterocycles. The standard InChI is InChI=1S/C17H25N3O3/c18-9-13-2-1-3-20(13)19-14(15(21)22)16-5-11-4-12(6-16)8-17(23,7-11)10-16/h11-14,19,23H,1-8,10H2,(H,21,22)/t11-,12-,13?,14+,16?,17?/m0/s1. The third-order valence-corrected chi connectivity index (χ3v) is 6.63. The van der Waals surface area contributed by atoms with Gasteiger partial charge < -0.3 is 10.2 Å². The van der Waals surface area contributed by atoms with Crippen LogP contribution in [0.5, 0.6) is 0 Å². The molecule has 23 heavy (non-hydrogen) atoms. The lowest BCUT2D eigenvalue weighted by Crippen LogP contribution is -2.66. The molecule has 3 N–H and O–H groups in total. The maximum atomic E-state index is 12.0. The molecule has 5 fully saturated rings. The maximum Gasteiger partial charge on any atom is 0.322 e. The van der Waals surface area contributed by atoms with Gasteiger partial charge in [0.2, 0.25) is 0 Å². The fraction of sp³-hybridized carbons (Fsp3) is 0.882. The molecule has 1 unspecified atom stereocenters. The van der Waals surface area contributed by atoms with Crippen LogP contribution in [-0.4, -0.2) is 45.4 Å². The Bertz CT molecular complexity index is 544. The van der Waals surface area contributed by atoms with Crippen molar-refractivity contribution < 1.29 is 15.0 Å². The molecular weight excluding hydrogens is 294 g/mol. The highest BCUT2D eigenvalue weighted by molar-refractivity contribution is 5.75. The topological polar surface area (TPSA) is 96.6 Å². The summed E-state index contributed by atoms with van der Waals surface area (Å²) in [5, 5.41) is 31.8. The number of rotatable bonds is 4. The number of aliphatic hydroxyl groups is 1. The summed E-state index contributed by atoms with van der Waals surface area (Å²) in [5.74, 6) is 0.0598. The van der Waals surface area contributed by atoms with Crippen molar-refractivity contribution in [1.29, 1.82) is 5.26 Å². The van der Waals surface area contributed by atoms with Crippen molar-refractivity contribution in [3.05, 3.63) is 0 Å². The molecule has 4 aliphatic carbocycles. The Hall–Kier alpha value is -1.16. The summed E-state index contributed by atoms with van der Waals surface area (Å²) >= 11 is 0. The van der Waals surface area contributed by atoms with Gasteiger partial charge >= 0.3 is 5.97 Å². The number of nitriles is 1. The van der Waals surface area contributed by atoms with Gasteiger partial charge in [0.25, 0.3) is 0 Å². The van der Waals surface area contributed by atoms with E-state index in [0.29, 0.717) is 18.3 Å². The van der Waals surface area contributed by atoms with Crippen molar-refractivity contribution in [2.24, 2.45) is 17.3 Å². The Kier molecular flexibility index (Phi) is 3.45. The molecule has 5 rings (SSSR count). The van der Waals surface area contributed by atoms with Crippen LogP contribution in [0, 0.1) is 28.6 Å². The average Bonchev–Trinajstić information content (AvgIpc) is 2.88. The Balaban J connectivity index is 1.60. The summed E-state index contributed by atoms with van der Waals surface area (Å²) < 4.78 is 0. The quantitative estimate of drug-likeness (QED) is 0.722. The van der Waals surface area contributed by atoms with E-state index >= 15 is 0 Å². The zero-order valence-electron chi connectivity index (χ0n) is 13.4. The third kappa shape index (κ3) is 2.46. The van der Waals surface area contributed by atoms with Crippen LogP contribution in [0.3, 0.4) is 0 Å². The largest absolute Gasteiger partial charge is 0.480 e. The summed E-state index contributed by atoms with van der Waals surface area (Å²) in [7, 11) is 0. The molecule has 6 nitrogen and oxygen atoms in total. The molecule has 0 aromatic carbocycles. The van der Waals surface area contributed by atoms with E-state index < -0.39 is 17.6 Å². The van der Waals surface area contributed by atoms with Crippen LogP contribution in [0.2, 0.25) is 0 Å². The highest BCUT2D eigenvalue weighted by Crippen LogP contribution is 2.62. The van der Waals surface area contributed by atoms with Crippen LogP contribution in [0.4, 0.5) is 0 Å². The van der Waals surface area contributed by atoms with Crippen LogP contribution in [0.1, 0.15) is 51.4 Å². The minimum absolute atomic E-state index is 0.242. The second-order valence-electron chi connectivity index (χ2n) is 8.43. The van der Waals surface area contributed by atoms with Gasteiger partial charge in [0.1, 0.15) is 12.1 Å². The van der Waals surface area contributed by atoms with Crippen LogP contribution in [0.25, 0.3) is 0 Å². The number of carboxylic acids is 1. The Morgan fingerprint density at radius 1 is 1.30 bits per heavy atom. The predicted molar refractivity (Wildman–Crippen MR) is 82.0 cm³/mol. The van der Waals surface area contributed by atoms with E-state index in [1.165, 1.54) is 0 Å². The first-order chi connectivity index (χ1) is 10.9. The van der Waals surface area contributed by atoms with Crippen molar-refractivity contribution in [3.63, 3.8) is 0 Å². The Labute approximate surface area is 136 Å². The van der Waals surface area contributed by atoms with Gasteiger partial charge in [-0.1, -0.05) is 0 Å². The second-order valence-corrected chi connectivity index (χ2v) is 8.43. The highest BCUT2D eigenvalue weighted by Gasteiger charge is 2.61. The maximum absolute atomic E-state index is 12.0. The van der Waals surface area contributed by atoms with E-state index in [2.05, 4.69) is 11.5 Å². The molecule has 4 saturated carbocycles. The van der Waals surface area contributed by atoms with Crippen molar-refractivity contribution >= 4 is 5.97 Å². The molecule has 0 radical (unpaired) electrons. The van der Waals surface area contributed by atoms with Crippen molar-refractivity contribution in [2.45, 2.75) is 69.1 Å². The Morgan fingerprint density at radius 3 is 2.57 bits per heavy atom. The van der Waals surface area contributed by atoms with Crippen molar-refractivity contribution in [3.8, 4) is 6.07 Å². The molecule has 4 bridgehead atoms. The van der Waals surface area contributed by atoms with Crippen LogP contribution in [0.15, 0.2) is 0 Å². The molecule has 5 aliphatic rings. The van der Waals surface area contributed by atoms with Gasteiger partial charge in [0.15, 0.2) is 0 Å². The molecule has 0 spiro atoms. The SMILES string of the molecule is N#CC1CCCN1N[C@H](C(=O)O)C12C[C@@H]3C[C@H](CC(O)(C3)C1)C2. The fourth-order valence-electron chi connectivity index (χ4n) is 6.30. The van der Waals surface area contributed by atoms with Crippen molar-refractivity contribution in [1.82, 2.24) is 10.4 Å². The summed E-state index contributed by atoms with van der Waals surface area (Å²) in [5.41, 5.74) is 2.16. The second kappa shape index (κ2) is 5.17. The molecule has 6 heteroatoms. The number of carboxylic acid groups (broad SMARTS) is 1. The van der Waals surface area contributed by atoms with Crippen LogP contribution < -0.4 is 5.43 Å². The van der Waals surface area contributed by atoms with Gasteiger partial charge in [-0.05, 0) is 63.2 Å². The first kappa shape index (κ1) is 15.4. The zero-order chi connectivity index (χ0) is 16.2. The van der Waals surface area contributed by atoms with Gasteiger partial charge in [-0.2, -0.15) is 5.26 Å². The number of nitrogens with zero attached hydrogens (tertiary/aromatic N) is 2. The molecule has 0 aromatic rings. The van der Waals surface area contributed by atoms with Gasteiger partial charge in [-0.3, -0.25) is 4.79 Å². The Morgan fingerprint density at radius 2 is 2.00 bits per heavy atom. The molecular formula is C17H25N3O3. The number of hydrogen-bond donors (Lipinski definition) is 3. The lowest BCUT2D eigenvalue weighted by molar-refractivity contribution is -0.187. The zero-order valence-corrected chi connectivity index (χ0v) is 13.4. The minimum Gasteiger partial charge on any atom is -0.480 e. The van der Waals surface area contributed by atoms with E-state index in [1.54, 1.807) is 0 Å². The number of hydrazine groups is 1. The summed E-state index contributed by atoms with van der Waals surface area (Å²) in [6, 6.07) is 1.32. The predicted octanol–water partition coefficient (Wildman–Crippen LogP) is 1.26. The number of aliphatic carboxylic acids is 1. The van der Waals surface area contributed by atoms with Gasteiger partial charge in [0.05, 0.1) is 11.7 Å². The normalized spacial score (nSPS) is 46.7. The van der Waals surface area contributed by atoms with Crippen LogP contribution >= 0.6 is 0 Å². The summed E-state index contributed by atoms with van der Waals surface area (Å²) in [4.78, 5) is 12.0. The third-order valence-electron chi connectivity index (χ3n) is 6.63. The minimum atomic E-state index is -0.848. The van der Waals surface area contributed by atoms with Gasteiger partial charge in [0, 0.05) is 12.0 Å². The fourth-order valence-corrected chi connectivity index (χ4v) is 6.30. The first-order valence-electron chi connectivity index (χ1n) is 8.81. The molecule has 1 saturated heterocycles. The molecule has 1 aliphatic heterocycles. The van der Waals surface area contributed by atoms with Crippen LogP contribution in [-0.2, 0) is 4.79 Å².